The molecule has 0 bridgehead atoms. The van der Waals surface area contributed by atoms with Crippen LogP contribution in [-0.2, 0) is 20.9 Å². The number of Topliss-reactive ketones (excluding diaryl/α,β-unsaturated/α-hetero) is 1. The van der Waals surface area contributed by atoms with Crippen molar-refractivity contribution < 1.29 is 19.1 Å². The summed E-state index contributed by atoms with van der Waals surface area (Å²) in [6.45, 7) is 2.52. The third kappa shape index (κ3) is 5.35. The number of nitriles is 1. The number of nitrogens with one attached hydrogen (secondary N) is 1. The van der Waals surface area contributed by atoms with Gasteiger partial charge in [-0.1, -0.05) is 54.2 Å². The van der Waals surface area contributed by atoms with E-state index in [1.54, 1.807) is 6.92 Å². The van der Waals surface area contributed by atoms with Crippen molar-refractivity contribution in [2.45, 2.75) is 38.7 Å². The van der Waals surface area contributed by atoms with Crippen LogP contribution in [0, 0.1) is 11.3 Å². The predicted octanol–water partition coefficient (Wildman–Crippen LogP) is 4.99. The van der Waals surface area contributed by atoms with E-state index in [2.05, 4.69) is 11.4 Å². The quantitative estimate of drug-likeness (QED) is 0.539. The number of ether oxygens (including phenoxy) is 2. The molecule has 2 aromatic rings. The second-order valence-electron chi connectivity index (χ2n) is 8.02. The number of thioether (sulfide) groups is 1. The zero-order valence-electron chi connectivity index (χ0n) is 19.0. The van der Waals surface area contributed by atoms with Crippen LogP contribution in [0.15, 0.2) is 76.5 Å². The Bertz CT molecular complexity index is 1160. The van der Waals surface area contributed by atoms with Crippen LogP contribution in [0.3, 0.4) is 0 Å². The molecule has 1 heterocycles. The molecule has 1 aliphatic heterocycles. The summed E-state index contributed by atoms with van der Waals surface area (Å²) in [4.78, 5) is 24.8. The maximum Gasteiger partial charge on any atom is 0.316 e. The molecule has 174 valence electrons. The van der Waals surface area contributed by atoms with E-state index in [0.29, 0.717) is 41.6 Å². The van der Waals surface area contributed by atoms with Gasteiger partial charge >= 0.3 is 5.97 Å². The highest BCUT2D eigenvalue weighted by molar-refractivity contribution is 8.03. The number of hydrogen-bond acceptors (Lipinski definition) is 7. The number of esters is 1. The third-order valence-electron chi connectivity index (χ3n) is 5.76. The van der Waals surface area contributed by atoms with Gasteiger partial charge in [-0.3, -0.25) is 9.59 Å². The maximum atomic E-state index is 12.9. The molecule has 0 radical (unpaired) electrons. The summed E-state index contributed by atoms with van der Waals surface area (Å²) in [5.41, 5.74) is 3.87. The van der Waals surface area contributed by atoms with Gasteiger partial charge in [0, 0.05) is 17.7 Å². The molecule has 1 unspecified atom stereocenters. The molecule has 1 atom stereocenters. The van der Waals surface area contributed by atoms with Crippen LogP contribution in [0.5, 0.6) is 5.75 Å². The van der Waals surface area contributed by atoms with Crippen LogP contribution in [-0.4, -0.2) is 24.1 Å². The van der Waals surface area contributed by atoms with Crippen molar-refractivity contribution in [1.29, 1.82) is 5.26 Å². The molecule has 0 amide bonds. The van der Waals surface area contributed by atoms with Gasteiger partial charge in [0.2, 0.25) is 0 Å². The van der Waals surface area contributed by atoms with Crippen molar-refractivity contribution >= 4 is 23.5 Å². The average Bonchev–Trinajstić information content (AvgIpc) is 2.86. The number of carbonyl (C=O) groups is 2. The lowest BCUT2D eigenvalue weighted by atomic mass is 9.77. The molecule has 34 heavy (non-hydrogen) atoms. The van der Waals surface area contributed by atoms with Gasteiger partial charge in [-0.05, 0) is 43.0 Å². The van der Waals surface area contributed by atoms with Crippen molar-refractivity contribution in [2.24, 2.45) is 0 Å². The summed E-state index contributed by atoms with van der Waals surface area (Å²) in [5.74, 6) is 0.0594. The van der Waals surface area contributed by atoms with E-state index in [4.69, 9.17) is 9.47 Å². The molecule has 2 aromatic carbocycles. The van der Waals surface area contributed by atoms with Crippen LogP contribution >= 0.6 is 11.8 Å². The minimum atomic E-state index is -0.470. The van der Waals surface area contributed by atoms with Crippen molar-refractivity contribution in [3.05, 3.63) is 87.6 Å². The lowest BCUT2D eigenvalue weighted by Gasteiger charge is -2.33. The molecule has 0 saturated heterocycles. The molecule has 1 aliphatic carbocycles. The van der Waals surface area contributed by atoms with Crippen LogP contribution in [0.2, 0.25) is 0 Å². The number of hydrogen-bond donors (Lipinski definition) is 1. The number of benzene rings is 2. The summed E-state index contributed by atoms with van der Waals surface area (Å²) >= 11 is 1.24. The fourth-order valence-electron chi connectivity index (χ4n) is 4.20. The number of carbonyl (C=O) groups excluding carboxylic acids is 2. The van der Waals surface area contributed by atoms with Crippen LogP contribution in [0.4, 0.5) is 0 Å². The van der Waals surface area contributed by atoms with Gasteiger partial charge in [-0.15, -0.1) is 0 Å². The summed E-state index contributed by atoms with van der Waals surface area (Å²) in [7, 11) is 0. The zero-order chi connectivity index (χ0) is 23.9. The van der Waals surface area contributed by atoms with E-state index in [1.165, 1.54) is 11.8 Å². The smallest absolute Gasteiger partial charge is 0.316 e. The number of nitrogens with zero attached hydrogens (tertiary/aromatic N) is 1. The van der Waals surface area contributed by atoms with Gasteiger partial charge in [0.15, 0.2) is 5.78 Å². The highest BCUT2D eigenvalue weighted by atomic mass is 32.2. The lowest BCUT2D eigenvalue weighted by molar-refractivity contribution is -0.139. The number of ketones is 1. The Hall–Kier alpha value is -3.50. The number of allylic oxidation sites excluding steroid dienone is 3. The molecule has 0 spiro atoms. The largest absolute Gasteiger partial charge is 0.489 e. The first-order valence-electron chi connectivity index (χ1n) is 11.3. The zero-order valence-corrected chi connectivity index (χ0v) is 19.8. The summed E-state index contributed by atoms with van der Waals surface area (Å²) in [6, 6.07) is 19.8. The van der Waals surface area contributed by atoms with Crippen LogP contribution < -0.4 is 10.1 Å². The summed E-state index contributed by atoms with van der Waals surface area (Å²) < 4.78 is 10.9. The fraction of sp³-hybridized carbons (Fsp3) is 0.296. The SMILES string of the molecule is CCOC(=O)CSC1=C(C#N)C(c2ccc(OCc3ccccc3)cc2)C2=C(CCCC2=O)N1. The molecular weight excluding hydrogens is 448 g/mol. The van der Waals surface area contributed by atoms with E-state index in [0.717, 1.165) is 29.7 Å². The topological polar surface area (TPSA) is 88.4 Å². The summed E-state index contributed by atoms with van der Waals surface area (Å²) in [6.07, 6.45) is 1.97. The summed E-state index contributed by atoms with van der Waals surface area (Å²) in [5, 5.41) is 14.0. The van der Waals surface area contributed by atoms with Gasteiger partial charge in [0.1, 0.15) is 12.4 Å². The monoisotopic (exact) mass is 474 g/mol. The lowest BCUT2D eigenvalue weighted by Crippen LogP contribution is -2.31. The Morgan fingerprint density at radius 3 is 2.62 bits per heavy atom. The highest BCUT2D eigenvalue weighted by Gasteiger charge is 2.37. The molecule has 0 aromatic heterocycles. The van der Waals surface area contributed by atoms with Crippen molar-refractivity contribution in [1.82, 2.24) is 5.32 Å². The van der Waals surface area contributed by atoms with E-state index in [9.17, 15) is 14.9 Å². The van der Waals surface area contributed by atoms with E-state index in [-0.39, 0.29) is 17.5 Å². The third-order valence-corrected chi connectivity index (χ3v) is 6.76. The standard InChI is InChI=1S/C27H26N2O4S/c1-2-32-24(31)17-34-27-21(15-28)25(26-22(29-27)9-6-10-23(26)30)19-11-13-20(14-12-19)33-16-18-7-4-3-5-8-18/h3-5,7-8,11-14,25,29H,2,6,9-10,16-17H2,1H3. The van der Waals surface area contributed by atoms with E-state index < -0.39 is 5.92 Å². The first kappa shape index (κ1) is 23.7. The Morgan fingerprint density at radius 2 is 1.91 bits per heavy atom. The van der Waals surface area contributed by atoms with Crippen molar-refractivity contribution in [2.75, 3.05) is 12.4 Å². The Balaban J connectivity index is 1.61. The molecular formula is C27H26N2O4S. The average molecular weight is 475 g/mol. The van der Waals surface area contributed by atoms with Gasteiger partial charge in [0.25, 0.3) is 0 Å². The second kappa shape index (κ2) is 11.1. The van der Waals surface area contributed by atoms with E-state index >= 15 is 0 Å². The van der Waals surface area contributed by atoms with Gasteiger partial charge in [-0.25, -0.2) is 0 Å². The van der Waals surface area contributed by atoms with Crippen LogP contribution in [0.25, 0.3) is 0 Å². The molecule has 7 heteroatoms. The first-order valence-corrected chi connectivity index (χ1v) is 12.3. The first-order chi connectivity index (χ1) is 16.6. The molecule has 0 saturated carbocycles. The van der Waals surface area contributed by atoms with Gasteiger partial charge in [0.05, 0.1) is 34.9 Å². The Labute approximate surface area is 203 Å². The van der Waals surface area contributed by atoms with Gasteiger partial charge < -0.3 is 14.8 Å². The van der Waals surface area contributed by atoms with Gasteiger partial charge in [-0.2, -0.15) is 5.26 Å². The Kier molecular flexibility index (Phi) is 7.71. The molecule has 6 nitrogen and oxygen atoms in total. The number of rotatable bonds is 8. The predicted molar refractivity (Wildman–Crippen MR) is 131 cm³/mol. The van der Waals surface area contributed by atoms with Crippen molar-refractivity contribution in [3.63, 3.8) is 0 Å². The molecule has 4 rings (SSSR count). The number of dihydropyridines is 1. The normalized spacial score (nSPS) is 17.5. The minimum absolute atomic E-state index is 0.0605. The molecule has 0 fully saturated rings. The maximum absolute atomic E-state index is 12.9. The van der Waals surface area contributed by atoms with E-state index in [1.807, 2.05) is 54.6 Å². The van der Waals surface area contributed by atoms with Crippen molar-refractivity contribution in [3.8, 4) is 11.8 Å². The Morgan fingerprint density at radius 1 is 1.15 bits per heavy atom. The van der Waals surface area contributed by atoms with Crippen LogP contribution in [0.1, 0.15) is 43.2 Å². The molecule has 2 aliphatic rings. The fourth-order valence-corrected chi connectivity index (χ4v) is 5.06. The molecule has 1 N–H and O–H groups in total. The minimum Gasteiger partial charge on any atom is -0.489 e. The highest BCUT2D eigenvalue weighted by Crippen LogP contribution is 2.44. The second-order valence-corrected chi connectivity index (χ2v) is 9.00.